The number of nitrogens with one attached hydrogen (secondary N) is 1. The van der Waals surface area contributed by atoms with E-state index in [0.717, 1.165) is 11.1 Å². The van der Waals surface area contributed by atoms with Gasteiger partial charge in [0.05, 0.1) is 30.0 Å². The summed E-state index contributed by atoms with van der Waals surface area (Å²) in [5, 5.41) is 20.7. The molecule has 1 unspecified atom stereocenters. The lowest BCUT2D eigenvalue weighted by molar-refractivity contribution is -0.00389. The molecule has 4 rings (SSSR count). The Kier molecular flexibility index (Phi) is 4.95. The van der Waals surface area contributed by atoms with Crippen molar-refractivity contribution in [3.8, 4) is 17.2 Å². The van der Waals surface area contributed by atoms with Crippen molar-refractivity contribution in [2.45, 2.75) is 26.2 Å². The van der Waals surface area contributed by atoms with Crippen LogP contribution in [0.3, 0.4) is 0 Å². The molecular weight excluding hydrogens is 371 g/mol. The number of benzene rings is 1. The third kappa shape index (κ3) is 2.78. The zero-order chi connectivity index (χ0) is 16.8. The second kappa shape index (κ2) is 6.86. The number of aromatic nitrogens is 1. The van der Waals surface area contributed by atoms with Gasteiger partial charge in [0.15, 0.2) is 11.5 Å². The monoisotopic (exact) mass is 386 g/mol. The highest BCUT2D eigenvalue weighted by Crippen LogP contribution is 2.49. The maximum absolute atomic E-state index is 10.5. The van der Waals surface area contributed by atoms with Crippen molar-refractivity contribution in [3.05, 3.63) is 45.2 Å². The summed E-state index contributed by atoms with van der Waals surface area (Å²) in [5.41, 5.74) is 5.80. The number of rotatable bonds is 2. The molecule has 2 aliphatic heterocycles. The van der Waals surface area contributed by atoms with Crippen molar-refractivity contribution < 1.29 is 24.5 Å². The van der Waals surface area contributed by atoms with Crippen molar-refractivity contribution in [1.29, 1.82) is 0 Å². The van der Waals surface area contributed by atoms with Gasteiger partial charge in [0.1, 0.15) is 5.75 Å². The molecule has 0 fully saturated rings. The van der Waals surface area contributed by atoms with Crippen LogP contribution in [0.2, 0.25) is 5.02 Å². The molecule has 2 aliphatic rings. The van der Waals surface area contributed by atoms with Gasteiger partial charge in [-0.3, -0.25) is 9.82 Å². The number of pyridine rings is 1. The van der Waals surface area contributed by atoms with Crippen molar-refractivity contribution in [2.24, 2.45) is 0 Å². The molecule has 0 aliphatic carbocycles. The quantitative estimate of drug-likeness (QED) is 0.729. The molecule has 0 spiro atoms. The van der Waals surface area contributed by atoms with Gasteiger partial charge < -0.3 is 19.7 Å². The minimum absolute atomic E-state index is 0. The van der Waals surface area contributed by atoms with Crippen LogP contribution < -0.4 is 15.0 Å². The maximum Gasteiger partial charge on any atom is 0.231 e. The summed E-state index contributed by atoms with van der Waals surface area (Å²) in [6, 6.07) is 1.12. The summed E-state index contributed by atoms with van der Waals surface area (Å²) < 4.78 is 11.1. The SMILES string of the molecule is Cc1ncc(CO)c(C2NOCc3c(Cl)cc4c(c32)OCO4)c1O.Cl. The van der Waals surface area contributed by atoms with Crippen LogP contribution in [-0.4, -0.2) is 22.0 Å². The largest absolute Gasteiger partial charge is 0.506 e. The smallest absolute Gasteiger partial charge is 0.231 e. The van der Waals surface area contributed by atoms with E-state index in [0.29, 0.717) is 33.3 Å². The number of fused-ring (bicyclic) bond motifs is 3. The first kappa shape index (κ1) is 18.0. The molecule has 2 aromatic rings. The lowest BCUT2D eigenvalue weighted by Gasteiger charge is -2.30. The molecule has 134 valence electrons. The van der Waals surface area contributed by atoms with Gasteiger partial charge in [-0.2, -0.15) is 5.48 Å². The van der Waals surface area contributed by atoms with Crippen LogP contribution in [0.1, 0.15) is 34.0 Å². The van der Waals surface area contributed by atoms with E-state index in [-0.39, 0.29) is 38.2 Å². The number of ether oxygens (including phenoxy) is 2. The van der Waals surface area contributed by atoms with Crippen LogP contribution in [0, 0.1) is 6.92 Å². The van der Waals surface area contributed by atoms with Crippen LogP contribution >= 0.6 is 24.0 Å². The van der Waals surface area contributed by atoms with E-state index < -0.39 is 6.04 Å². The standard InChI is InChI=1S/C16H15ClN2O5.ClH/c1-7-15(21)12(8(4-20)3-18-7)14-13-9(5-24-19-14)10(17)2-11-16(13)23-6-22-11;/h2-3,14,19-21H,4-6H2,1H3;1H. The molecule has 0 amide bonds. The molecule has 0 saturated carbocycles. The molecule has 25 heavy (non-hydrogen) atoms. The molecule has 3 N–H and O–H groups in total. The van der Waals surface area contributed by atoms with Crippen LogP contribution in [0.15, 0.2) is 12.3 Å². The van der Waals surface area contributed by atoms with E-state index in [4.69, 9.17) is 25.9 Å². The molecule has 1 aromatic carbocycles. The number of nitrogens with zero attached hydrogens (tertiary/aromatic N) is 1. The van der Waals surface area contributed by atoms with Gasteiger partial charge in [0, 0.05) is 34.5 Å². The highest BCUT2D eigenvalue weighted by molar-refractivity contribution is 6.31. The van der Waals surface area contributed by atoms with Crippen LogP contribution in [0.4, 0.5) is 0 Å². The number of aliphatic hydroxyl groups is 1. The van der Waals surface area contributed by atoms with E-state index >= 15 is 0 Å². The van der Waals surface area contributed by atoms with Gasteiger partial charge in [0.2, 0.25) is 6.79 Å². The molecule has 0 bridgehead atoms. The van der Waals surface area contributed by atoms with Gasteiger partial charge in [-0.25, -0.2) is 0 Å². The zero-order valence-electron chi connectivity index (χ0n) is 13.2. The van der Waals surface area contributed by atoms with Crippen LogP contribution in [-0.2, 0) is 18.1 Å². The summed E-state index contributed by atoms with van der Waals surface area (Å²) in [5.74, 6) is 1.10. The Labute approximate surface area is 154 Å². The minimum Gasteiger partial charge on any atom is -0.506 e. The molecule has 0 radical (unpaired) electrons. The Balaban J connectivity index is 0.00000182. The predicted molar refractivity (Wildman–Crippen MR) is 91.2 cm³/mol. The van der Waals surface area contributed by atoms with Crippen molar-refractivity contribution >= 4 is 24.0 Å². The molecule has 9 heteroatoms. The number of aryl methyl sites for hydroxylation is 1. The first-order valence-corrected chi connectivity index (χ1v) is 7.76. The van der Waals surface area contributed by atoms with E-state index in [1.54, 1.807) is 13.0 Å². The number of aromatic hydroxyl groups is 1. The van der Waals surface area contributed by atoms with E-state index in [2.05, 4.69) is 10.5 Å². The average molecular weight is 387 g/mol. The number of hydroxylamine groups is 1. The first-order chi connectivity index (χ1) is 11.6. The lowest BCUT2D eigenvalue weighted by Crippen LogP contribution is -2.30. The summed E-state index contributed by atoms with van der Waals surface area (Å²) in [7, 11) is 0. The van der Waals surface area contributed by atoms with E-state index in [1.165, 1.54) is 6.20 Å². The summed E-state index contributed by atoms with van der Waals surface area (Å²) >= 11 is 6.36. The van der Waals surface area contributed by atoms with Crippen molar-refractivity contribution in [3.63, 3.8) is 0 Å². The highest BCUT2D eigenvalue weighted by Gasteiger charge is 2.35. The van der Waals surface area contributed by atoms with Gasteiger partial charge in [0.25, 0.3) is 0 Å². The molecule has 1 atom stereocenters. The number of hydrogen-bond donors (Lipinski definition) is 3. The Morgan fingerprint density at radius 2 is 2.16 bits per heavy atom. The third-order valence-electron chi connectivity index (χ3n) is 4.28. The number of hydrogen-bond acceptors (Lipinski definition) is 7. The van der Waals surface area contributed by atoms with Gasteiger partial charge in [-0.05, 0) is 6.92 Å². The maximum atomic E-state index is 10.5. The zero-order valence-corrected chi connectivity index (χ0v) is 14.8. The second-order valence-electron chi connectivity index (χ2n) is 5.61. The van der Waals surface area contributed by atoms with E-state index in [1.807, 2.05) is 0 Å². The first-order valence-electron chi connectivity index (χ1n) is 7.38. The molecule has 1 aromatic heterocycles. The number of halogens is 2. The highest BCUT2D eigenvalue weighted by atomic mass is 35.5. The topological polar surface area (TPSA) is 93.1 Å². The minimum atomic E-state index is -0.577. The molecule has 0 saturated heterocycles. The van der Waals surface area contributed by atoms with Gasteiger partial charge in [-0.1, -0.05) is 11.6 Å². The molecule has 3 heterocycles. The predicted octanol–water partition coefficient (Wildman–Crippen LogP) is 2.52. The third-order valence-corrected chi connectivity index (χ3v) is 4.62. The Hall–Kier alpha value is -1.77. The fraction of sp³-hybridized carbons (Fsp3) is 0.312. The van der Waals surface area contributed by atoms with Crippen LogP contribution in [0.25, 0.3) is 0 Å². The molecular formula is C16H16Cl2N2O5. The van der Waals surface area contributed by atoms with Crippen molar-refractivity contribution in [2.75, 3.05) is 6.79 Å². The lowest BCUT2D eigenvalue weighted by atomic mass is 9.90. The van der Waals surface area contributed by atoms with Crippen molar-refractivity contribution in [1.82, 2.24) is 10.5 Å². The normalized spacial score (nSPS) is 17.8. The van der Waals surface area contributed by atoms with E-state index in [9.17, 15) is 10.2 Å². The fourth-order valence-corrected chi connectivity index (χ4v) is 3.34. The second-order valence-corrected chi connectivity index (χ2v) is 6.02. The van der Waals surface area contributed by atoms with Gasteiger partial charge in [-0.15, -0.1) is 12.4 Å². The Bertz CT molecular complexity index is 827. The fourth-order valence-electron chi connectivity index (χ4n) is 3.09. The van der Waals surface area contributed by atoms with Gasteiger partial charge >= 0.3 is 0 Å². The number of aliphatic hydroxyl groups excluding tert-OH is 1. The summed E-state index contributed by atoms with van der Waals surface area (Å²) in [4.78, 5) is 9.54. The Morgan fingerprint density at radius 3 is 2.92 bits per heavy atom. The average Bonchev–Trinajstić information content (AvgIpc) is 3.05. The summed E-state index contributed by atoms with van der Waals surface area (Å²) in [6.07, 6.45) is 1.53. The van der Waals surface area contributed by atoms with Crippen LogP contribution in [0.5, 0.6) is 17.2 Å². The molecule has 7 nitrogen and oxygen atoms in total. The Morgan fingerprint density at radius 1 is 1.36 bits per heavy atom. The summed E-state index contributed by atoms with van der Waals surface area (Å²) in [6.45, 7) is 1.76.